The number of unbranched alkanes of at least 4 members (excludes halogenated alkanes) is 3. The van der Waals surface area contributed by atoms with E-state index in [1.165, 1.54) is 25.7 Å². The summed E-state index contributed by atoms with van der Waals surface area (Å²) in [4.78, 5) is 0. The molecule has 0 atom stereocenters. The molecule has 0 spiro atoms. The number of hydrogen-bond donors (Lipinski definition) is 1. The Bertz CT molecular complexity index is 151. The van der Waals surface area contributed by atoms with E-state index in [1.807, 2.05) is 36.4 Å². The van der Waals surface area contributed by atoms with Crippen molar-refractivity contribution < 1.29 is 0 Å². The molecule has 0 amide bonds. The summed E-state index contributed by atoms with van der Waals surface area (Å²) < 4.78 is 0. The summed E-state index contributed by atoms with van der Waals surface area (Å²) in [7, 11) is 0. The minimum atomic E-state index is 1.09. The number of rotatable bonds is 5. The van der Waals surface area contributed by atoms with Crippen molar-refractivity contribution in [3.63, 3.8) is 0 Å². The summed E-state index contributed by atoms with van der Waals surface area (Å²) in [5.74, 6) is 0. The highest BCUT2D eigenvalue weighted by Crippen LogP contribution is 1.95. The van der Waals surface area contributed by atoms with Crippen LogP contribution in [0, 0.1) is 0 Å². The van der Waals surface area contributed by atoms with Crippen molar-refractivity contribution in [2.45, 2.75) is 53.4 Å². The molecule has 1 nitrogen and oxygen atoms in total. The first-order valence-electron chi connectivity index (χ1n) is 7.04. The summed E-state index contributed by atoms with van der Waals surface area (Å²) in [5.41, 5.74) is 0. The molecule has 1 heteroatoms. The minimum absolute atomic E-state index is 1.09. The van der Waals surface area contributed by atoms with Crippen LogP contribution in [0.5, 0.6) is 0 Å². The van der Waals surface area contributed by atoms with Crippen LogP contribution in [0.2, 0.25) is 0 Å². The Labute approximate surface area is 109 Å². The van der Waals surface area contributed by atoms with E-state index < -0.39 is 0 Å². The molecular weight excluding hydrogens is 206 g/mol. The maximum absolute atomic E-state index is 3.11. The lowest BCUT2D eigenvalue weighted by atomic mass is 10.2. The fourth-order valence-electron chi connectivity index (χ4n) is 1.13. The first-order valence-corrected chi connectivity index (χ1v) is 7.04. The van der Waals surface area contributed by atoms with Crippen LogP contribution in [-0.4, -0.2) is 13.1 Å². The van der Waals surface area contributed by atoms with Crippen molar-refractivity contribution in [2.75, 3.05) is 13.1 Å². The van der Waals surface area contributed by atoms with Gasteiger partial charge in [-0.25, -0.2) is 0 Å². The Morgan fingerprint density at radius 3 is 1.00 bits per heavy atom. The molecule has 0 aliphatic heterocycles. The molecular formula is C16H31N. The molecule has 0 aromatic heterocycles. The second kappa shape index (κ2) is 20.6. The first kappa shape index (κ1) is 18.5. The average Bonchev–Trinajstić information content (AvgIpc) is 2.41. The van der Waals surface area contributed by atoms with Crippen LogP contribution in [0.4, 0.5) is 0 Å². The Kier molecular flexibility index (Phi) is 22.4. The maximum Gasteiger partial charge on any atom is -0.00775 e. The van der Waals surface area contributed by atoms with Crippen molar-refractivity contribution in [3.05, 3.63) is 36.4 Å². The molecule has 100 valence electrons. The van der Waals surface area contributed by atoms with Gasteiger partial charge in [0.1, 0.15) is 0 Å². The fourth-order valence-corrected chi connectivity index (χ4v) is 1.13. The van der Waals surface area contributed by atoms with Gasteiger partial charge in [-0.1, -0.05) is 89.8 Å². The zero-order chi connectivity index (χ0) is 13.2. The molecule has 1 aromatic carbocycles. The highest BCUT2D eigenvalue weighted by Gasteiger charge is 1.75. The number of hydrogen-bond acceptors (Lipinski definition) is 1. The largest absolute Gasteiger partial charge is 0.317 e. The van der Waals surface area contributed by atoms with E-state index in [9.17, 15) is 0 Å². The monoisotopic (exact) mass is 237 g/mol. The third-order valence-electron chi connectivity index (χ3n) is 2.12. The highest BCUT2D eigenvalue weighted by atomic mass is 14.8. The topological polar surface area (TPSA) is 12.0 Å². The predicted molar refractivity (Wildman–Crippen MR) is 80.5 cm³/mol. The van der Waals surface area contributed by atoms with E-state index in [2.05, 4.69) is 33.0 Å². The Balaban J connectivity index is 0. The smallest absolute Gasteiger partial charge is 0.00775 e. The lowest BCUT2D eigenvalue weighted by Crippen LogP contribution is -2.09. The van der Waals surface area contributed by atoms with Gasteiger partial charge in [0.05, 0.1) is 0 Å². The molecule has 1 N–H and O–H groups in total. The molecule has 0 saturated carbocycles. The molecule has 0 aliphatic rings. The summed E-state index contributed by atoms with van der Waals surface area (Å²) in [5, 5.41) is 3.11. The summed E-state index contributed by atoms with van der Waals surface area (Å²) >= 11 is 0. The van der Waals surface area contributed by atoms with Crippen molar-refractivity contribution in [2.24, 2.45) is 0 Å². The van der Waals surface area contributed by atoms with Gasteiger partial charge in [0.15, 0.2) is 0 Å². The van der Waals surface area contributed by atoms with Crippen LogP contribution < -0.4 is 5.32 Å². The molecule has 0 saturated heterocycles. The van der Waals surface area contributed by atoms with Gasteiger partial charge in [-0.05, 0) is 13.1 Å². The molecule has 1 aromatic rings. The van der Waals surface area contributed by atoms with Crippen LogP contribution in [0.1, 0.15) is 53.4 Å². The van der Waals surface area contributed by atoms with Crippen molar-refractivity contribution in [1.82, 2.24) is 5.32 Å². The third-order valence-corrected chi connectivity index (χ3v) is 2.12. The molecule has 0 aliphatic carbocycles. The summed E-state index contributed by atoms with van der Waals surface area (Å²) in [6.07, 6.45) is 5.54. The lowest BCUT2D eigenvalue weighted by molar-refractivity contribution is 0.702. The van der Waals surface area contributed by atoms with Gasteiger partial charge in [0.2, 0.25) is 0 Å². The zero-order valence-corrected chi connectivity index (χ0v) is 12.2. The van der Waals surface area contributed by atoms with Crippen LogP contribution >= 0.6 is 0 Å². The van der Waals surface area contributed by atoms with Gasteiger partial charge in [-0.2, -0.15) is 0 Å². The van der Waals surface area contributed by atoms with Gasteiger partial charge in [0, 0.05) is 0 Å². The second-order valence-electron chi connectivity index (χ2n) is 3.82. The molecule has 17 heavy (non-hydrogen) atoms. The van der Waals surface area contributed by atoms with E-state index in [4.69, 9.17) is 0 Å². The van der Waals surface area contributed by atoms with Crippen LogP contribution in [0.25, 0.3) is 0 Å². The van der Waals surface area contributed by atoms with E-state index in [0.717, 1.165) is 13.1 Å². The Morgan fingerprint density at radius 1 is 0.588 bits per heavy atom. The van der Waals surface area contributed by atoms with Crippen LogP contribution in [0.3, 0.4) is 0 Å². The second-order valence-corrected chi connectivity index (χ2v) is 3.82. The summed E-state index contributed by atoms with van der Waals surface area (Å²) in [6, 6.07) is 12.0. The Hall–Kier alpha value is -0.820. The number of nitrogens with one attached hydrogen (secondary N) is 1. The normalized spacial score (nSPS) is 8.47. The first-order chi connectivity index (χ1) is 8.33. The van der Waals surface area contributed by atoms with Gasteiger partial charge >= 0.3 is 0 Å². The third kappa shape index (κ3) is 25.4. The van der Waals surface area contributed by atoms with Gasteiger partial charge in [-0.15, -0.1) is 0 Å². The molecule has 0 radical (unpaired) electrons. The molecule has 0 bridgehead atoms. The zero-order valence-electron chi connectivity index (χ0n) is 12.2. The van der Waals surface area contributed by atoms with E-state index >= 15 is 0 Å². The predicted octanol–water partition coefficient (Wildman–Crippen LogP) is 4.89. The van der Waals surface area contributed by atoms with Crippen molar-refractivity contribution >= 4 is 0 Å². The fraction of sp³-hybridized carbons (Fsp3) is 0.625. The van der Waals surface area contributed by atoms with E-state index in [1.54, 1.807) is 0 Å². The van der Waals surface area contributed by atoms with Gasteiger partial charge < -0.3 is 5.32 Å². The Morgan fingerprint density at radius 2 is 0.882 bits per heavy atom. The van der Waals surface area contributed by atoms with Gasteiger partial charge in [0.25, 0.3) is 0 Å². The molecule has 1 rings (SSSR count). The SMILES string of the molecule is CCCCCC.CCNCC.c1ccccc1. The van der Waals surface area contributed by atoms with Crippen molar-refractivity contribution in [1.29, 1.82) is 0 Å². The quantitative estimate of drug-likeness (QED) is 0.719. The van der Waals surface area contributed by atoms with Gasteiger partial charge in [-0.3, -0.25) is 0 Å². The standard InChI is InChI=1S/C6H6.C6H14.C4H11N/c1-2-4-6-5-3-1;1-3-5-6-4-2;1-3-5-4-2/h1-6H;3-6H2,1-2H3;5H,3-4H2,1-2H3. The average molecular weight is 237 g/mol. The highest BCUT2D eigenvalue weighted by molar-refractivity contribution is 4.99. The maximum atomic E-state index is 3.11. The lowest BCUT2D eigenvalue weighted by Gasteiger charge is -1.86. The molecule has 0 unspecified atom stereocenters. The van der Waals surface area contributed by atoms with E-state index in [-0.39, 0.29) is 0 Å². The van der Waals surface area contributed by atoms with Crippen LogP contribution in [-0.2, 0) is 0 Å². The minimum Gasteiger partial charge on any atom is -0.317 e. The molecule has 0 fully saturated rings. The van der Waals surface area contributed by atoms with E-state index in [0.29, 0.717) is 0 Å². The summed E-state index contributed by atoms with van der Waals surface area (Å²) in [6.45, 7) is 10.9. The van der Waals surface area contributed by atoms with Crippen molar-refractivity contribution in [3.8, 4) is 0 Å². The van der Waals surface area contributed by atoms with Crippen LogP contribution in [0.15, 0.2) is 36.4 Å². The molecule has 0 heterocycles. The number of benzene rings is 1.